The zero-order chi connectivity index (χ0) is 19.8. The van der Waals surface area contributed by atoms with Gasteiger partial charge in [-0.15, -0.1) is 11.3 Å². The summed E-state index contributed by atoms with van der Waals surface area (Å²) in [6, 6.07) is 7.14. The topological polar surface area (TPSA) is 69.7 Å². The molecule has 0 saturated heterocycles. The van der Waals surface area contributed by atoms with Crippen molar-refractivity contribution >= 4 is 33.0 Å². The molecule has 1 atom stereocenters. The van der Waals surface area contributed by atoms with E-state index in [1.54, 1.807) is 23.5 Å². The predicted molar refractivity (Wildman–Crippen MR) is 109 cm³/mol. The quantitative estimate of drug-likeness (QED) is 0.827. The molecule has 0 spiro atoms. The Morgan fingerprint density at radius 3 is 2.78 bits per heavy atom. The summed E-state index contributed by atoms with van der Waals surface area (Å²) in [6.45, 7) is 5.09. The smallest absolute Gasteiger partial charge is 0.242 e. The Morgan fingerprint density at radius 2 is 2.07 bits per heavy atom. The molecule has 1 aromatic heterocycles. The van der Waals surface area contributed by atoms with Gasteiger partial charge in [-0.05, 0) is 55.0 Å². The normalized spacial score (nSPS) is 17.7. The molecule has 8 heteroatoms. The van der Waals surface area contributed by atoms with Crippen LogP contribution in [0.4, 0.5) is 5.69 Å². The van der Waals surface area contributed by atoms with E-state index in [9.17, 15) is 13.2 Å². The molecule has 0 saturated carbocycles. The van der Waals surface area contributed by atoms with Gasteiger partial charge in [0.15, 0.2) is 0 Å². The lowest BCUT2D eigenvalue weighted by molar-refractivity contribution is -0.117. The Labute approximate surface area is 164 Å². The minimum absolute atomic E-state index is 0.136. The highest BCUT2D eigenvalue weighted by atomic mass is 32.2. The van der Waals surface area contributed by atoms with Crippen molar-refractivity contribution in [1.29, 1.82) is 0 Å². The number of anilines is 1. The molecule has 1 amide bonds. The van der Waals surface area contributed by atoms with Gasteiger partial charge in [0, 0.05) is 37.2 Å². The van der Waals surface area contributed by atoms with Gasteiger partial charge in [-0.1, -0.05) is 6.07 Å². The summed E-state index contributed by atoms with van der Waals surface area (Å²) in [6.07, 6.45) is 0.959. The molecule has 1 aliphatic heterocycles. The van der Waals surface area contributed by atoms with Crippen LogP contribution in [0.5, 0.6) is 0 Å². The summed E-state index contributed by atoms with van der Waals surface area (Å²) in [5, 5.41) is 4.99. The number of benzene rings is 1. The van der Waals surface area contributed by atoms with Crippen molar-refractivity contribution in [1.82, 2.24) is 9.21 Å². The van der Waals surface area contributed by atoms with E-state index in [2.05, 4.69) is 28.6 Å². The molecule has 0 aliphatic carbocycles. The maximum atomic E-state index is 12.6. The standard InChI is InChI=1S/C19H25N3O3S2/c1-13-5-6-15(27(24,25)21(3)4)11-17(13)20-19(23)12-22-9-7-18-16(14(22)2)8-10-26-18/h5-6,8,10-11,14H,7,9,12H2,1-4H3,(H,20,23)/t14-/m0/s1. The van der Waals surface area contributed by atoms with Crippen LogP contribution < -0.4 is 5.32 Å². The molecule has 0 bridgehead atoms. The fraction of sp³-hybridized carbons (Fsp3) is 0.421. The number of amides is 1. The molecule has 0 radical (unpaired) electrons. The largest absolute Gasteiger partial charge is 0.325 e. The number of rotatable bonds is 5. The van der Waals surface area contributed by atoms with E-state index in [0.29, 0.717) is 5.69 Å². The minimum atomic E-state index is -3.54. The second-order valence-corrected chi connectivity index (χ2v) is 10.2. The summed E-state index contributed by atoms with van der Waals surface area (Å²) >= 11 is 1.77. The molecular weight excluding hydrogens is 382 g/mol. The van der Waals surface area contributed by atoms with E-state index in [0.717, 1.165) is 22.8 Å². The maximum Gasteiger partial charge on any atom is 0.242 e. The van der Waals surface area contributed by atoms with Crippen molar-refractivity contribution in [2.75, 3.05) is 32.5 Å². The van der Waals surface area contributed by atoms with Crippen molar-refractivity contribution in [3.05, 3.63) is 45.6 Å². The third kappa shape index (κ3) is 4.08. The lowest BCUT2D eigenvalue weighted by Gasteiger charge is -2.33. The zero-order valence-electron chi connectivity index (χ0n) is 16.0. The average Bonchev–Trinajstić information content (AvgIpc) is 3.08. The summed E-state index contributed by atoms with van der Waals surface area (Å²) in [5.74, 6) is -0.136. The summed E-state index contributed by atoms with van der Waals surface area (Å²) in [7, 11) is -0.562. The molecular formula is C19H25N3O3S2. The van der Waals surface area contributed by atoms with Crippen molar-refractivity contribution in [2.45, 2.75) is 31.2 Å². The summed E-state index contributed by atoms with van der Waals surface area (Å²) in [4.78, 5) is 16.3. The Kier molecular flexibility index (Phi) is 5.71. The molecule has 1 aliphatic rings. The summed E-state index contributed by atoms with van der Waals surface area (Å²) < 4.78 is 25.8. The van der Waals surface area contributed by atoms with Gasteiger partial charge >= 0.3 is 0 Å². The van der Waals surface area contributed by atoms with Gasteiger partial charge in [-0.3, -0.25) is 9.69 Å². The Bertz CT molecular complexity index is 951. The van der Waals surface area contributed by atoms with Crippen LogP contribution >= 0.6 is 11.3 Å². The lowest BCUT2D eigenvalue weighted by Crippen LogP contribution is -2.39. The highest BCUT2D eigenvalue weighted by Gasteiger charge is 2.26. The van der Waals surface area contributed by atoms with Crippen LogP contribution in [0.1, 0.15) is 29.0 Å². The number of hydrogen-bond acceptors (Lipinski definition) is 5. The van der Waals surface area contributed by atoms with Gasteiger partial charge in [0.1, 0.15) is 0 Å². The third-order valence-corrected chi connectivity index (χ3v) is 7.82. The predicted octanol–water partition coefficient (Wildman–Crippen LogP) is 2.86. The minimum Gasteiger partial charge on any atom is -0.325 e. The number of sulfonamides is 1. The van der Waals surface area contributed by atoms with Crippen LogP contribution in [0.15, 0.2) is 34.5 Å². The van der Waals surface area contributed by atoms with Gasteiger partial charge in [-0.25, -0.2) is 12.7 Å². The third-order valence-electron chi connectivity index (χ3n) is 5.01. The molecule has 146 valence electrons. The van der Waals surface area contributed by atoms with Crippen LogP contribution in [-0.2, 0) is 21.2 Å². The first-order valence-electron chi connectivity index (χ1n) is 8.83. The summed E-state index contributed by atoms with van der Waals surface area (Å²) in [5.41, 5.74) is 2.66. The van der Waals surface area contributed by atoms with E-state index in [1.807, 2.05) is 6.92 Å². The van der Waals surface area contributed by atoms with Crippen molar-refractivity contribution in [2.24, 2.45) is 0 Å². The Hall–Kier alpha value is -1.74. The number of hydrogen-bond donors (Lipinski definition) is 1. The number of nitrogens with one attached hydrogen (secondary N) is 1. The molecule has 0 fully saturated rings. The van der Waals surface area contributed by atoms with Crippen molar-refractivity contribution in [3.8, 4) is 0 Å². The Balaban J connectivity index is 1.73. The molecule has 1 N–H and O–H groups in total. The first-order chi connectivity index (χ1) is 12.7. The van der Waals surface area contributed by atoms with Gasteiger partial charge < -0.3 is 5.32 Å². The molecule has 2 aromatic rings. The number of fused-ring (bicyclic) bond motifs is 1. The molecule has 0 unspecified atom stereocenters. The zero-order valence-corrected chi connectivity index (χ0v) is 17.7. The van der Waals surface area contributed by atoms with E-state index in [1.165, 1.54) is 30.6 Å². The first-order valence-corrected chi connectivity index (χ1v) is 11.2. The average molecular weight is 408 g/mol. The number of carbonyl (C=O) groups is 1. The van der Waals surface area contributed by atoms with Gasteiger partial charge in [-0.2, -0.15) is 0 Å². The van der Waals surface area contributed by atoms with Crippen LogP contribution in [0.3, 0.4) is 0 Å². The fourth-order valence-electron chi connectivity index (χ4n) is 3.26. The van der Waals surface area contributed by atoms with E-state index in [4.69, 9.17) is 0 Å². The lowest BCUT2D eigenvalue weighted by atomic mass is 10.0. The highest BCUT2D eigenvalue weighted by molar-refractivity contribution is 7.89. The number of aryl methyl sites for hydroxylation is 1. The van der Waals surface area contributed by atoms with Crippen LogP contribution in [0, 0.1) is 6.92 Å². The Morgan fingerprint density at radius 1 is 1.33 bits per heavy atom. The van der Waals surface area contributed by atoms with Crippen LogP contribution in [-0.4, -0.2) is 50.7 Å². The molecule has 2 heterocycles. The van der Waals surface area contributed by atoms with E-state index < -0.39 is 10.0 Å². The monoisotopic (exact) mass is 407 g/mol. The van der Waals surface area contributed by atoms with Gasteiger partial charge in [0.05, 0.1) is 11.4 Å². The van der Waals surface area contributed by atoms with E-state index >= 15 is 0 Å². The molecule has 1 aromatic carbocycles. The number of nitrogens with zero attached hydrogens (tertiary/aromatic N) is 2. The van der Waals surface area contributed by atoms with Crippen LogP contribution in [0.25, 0.3) is 0 Å². The fourth-order valence-corrected chi connectivity index (χ4v) is 5.15. The molecule has 6 nitrogen and oxygen atoms in total. The number of carbonyl (C=O) groups excluding carboxylic acids is 1. The molecule has 3 rings (SSSR count). The first kappa shape index (κ1) is 20.0. The van der Waals surface area contributed by atoms with Crippen LogP contribution in [0.2, 0.25) is 0 Å². The SMILES string of the molecule is Cc1ccc(S(=O)(=O)N(C)C)cc1NC(=O)CN1CCc2sccc2[C@@H]1C. The maximum absolute atomic E-state index is 12.6. The van der Waals surface area contributed by atoms with E-state index in [-0.39, 0.29) is 23.4 Å². The molecule has 27 heavy (non-hydrogen) atoms. The van der Waals surface area contributed by atoms with Gasteiger partial charge in [0.25, 0.3) is 0 Å². The second kappa shape index (κ2) is 7.71. The van der Waals surface area contributed by atoms with Crippen molar-refractivity contribution in [3.63, 3.8) is 0 Å². The number of thiophene rings is 1. The van der Waals surface area contributed by atoms with Crippen molar-refractivity contribution < 1.29 is 13.2 Å². The highest BCUT2D eigenvalue weighted by Crippen LogP contribution is 2.32. The second-order valence-electron chi connectivity index (χ2n) is 7.01. The van der Waals surface area contributed by atoms with Gasteiger partial charge in [0.2, 0.25) is 15.9 Å².